The fraction of sp³-hybridized carbons (Fsp3) is 0.250. The zero-order valence-electron chi connectivity index (χ0n) is 11.1. The van der Waals surface area contributed by atoms with Gasteiger partial charge in [0.05, 0.1) is 0 Å². The van der Waals surface area contributed by atoms with Gasteiger partial charge in [-0.25, -0.2) is 0 Å². The minimum atomic E-state index is -0.536. The molecule has 2 aromatic rings. The van der Waals surface area contributed by atoms with E-state index in [4.69, 9.17) is 21.1 Å². The molecule has 1 atom stereocenters. The predicted molar refractivity (Wildman–Crippen MR) is 77.4 cm³/mol. The molecule has 1 N–H and O–H groups in total. The van der Waals surface area contributed by atoms with Crippen molar-refractivity contribution < 1.29 is 14.6 Å². The van der Waals surface area contributed by atoms with E-state index >= 15 is 0 Å². The second kappa shape index (κ2) is 5.35. The van der Waals surface area contributed by atoms with Crippen LogP contribution in [0.25, 0.3) is 0 Å². The van der Waals surface area contributed by atoms with Gasteiger partial charge in [-0.05, 0) is 30.7 Å². The number of hydrogen-bond donors (Lipinski definition) is 1. The van der Waals surface area contributed by atoms with Crippen LogP contribution < -0.4 is 9.47 Å². The first-order valence-corrected chi connectivity index (χ1v) is 6.84. The molecule has 2 aromatic carbocycles. The van der Waals surface area contributed by atoms with Crippen LogP contribution in [0.4, 0.5) is 0 Å². The highest BCUT2D eigenvalue weighted by Gasteiger charge is 2.22. The average molecular weight is 291 g/mol. The molecular formula is C16H15ClO3. The molecule has 1 heterocycles. The maximum Gasteiger partial charge on any atom is 0.129 e. The van der Waals surface area contributed by atoms with Crippen molar-refractivity contribution in [3.63, 3.8) is 0 Å². The molecule has 0 bridgehead atoms. The first kappa shape index (κ1) is 13.3. The number of halogens is 1. The molecule has 0 spiro atoms. The van der Waals surface area contributed by atoms with E-state index in [2.05, 4.69) is 0 Å². The third-order valence-electron chi connectivity index (χ3n) is 3.34. The Kier molecular flexibility index (Phi) is 3.55. The van der Waals surface area contributed by atoms with Crippen LogP contribution in [0.15, 0.2) is 36.4 Å². The zero-order chi connectivity index (χ0) is 14.1. The molecule has 104 valence electrons. The van der Waals surface area contributed by atoms with Gasteiger partial charge in [0.25, 0.3) is 0 Å². The normalized spacial score (nSPS) is 16.6. The molecule has 0 saturated heterocycles. The van der Waals surface area contributed by atoms with Crippen LogP contribution in [0, 0.1) is 6.92 Å². The van der Waals surface area contributed by atoms with Gasteiger partial charge in [0.15, 0.2) is 0 Å². The van der Waals surface area contributed by atoms with Crippen LogP contribution >= 0.6 is 11.6 Å². The van der Waals surface area contributed by atoms with Crippen molar-refractivity contribution >= 4 is 11.6 Å². The van der Waals surface area contributed by atoms with Crippen LogP contribution in [-0.4, -0.2) is 11.7 Å². The van der Waals surface area contributed by atoms with Gasteiger partial charge in [-0.2, -0.15) is 0 Å². The number of ether oxygens (including phenoxy) is 2. The molecule has 1 aliphatic heterocycles. The second-order valence-electron chi connectivity index (χ2n) is 4.91. The van der Waals surface area contributed by atoms with Crippen molar-refractivity contribution in [1.82, 2.24) is 0 Å². The third kappa shape index (κ3) is 2.60. The van der Waals surface area contributed by atoms with Crippen molar-refractivity contribution in [3.05, 3.63) is 58.1 Å². The minimum Gasteiger partial charge on any atom is -0.490 e. The summed E-state index contributed by atoms with van der Waals surface area (Å²) in [6.45, 7) is 2.71. The molecule has 1 aliphatic rings. The first-order valence-electron chi connectivity index (χ1n) is 6.46. The van der Waals surface area contributed by atoms with E-state index in [9.17, 15) is 5.11 Å². The van der Waals surface area contributed by atoms with E-state index in [0.717, 1.165) is 16.7 Å². The largest absolute Gasteiger partial charge is 0.490 e. The van der Waals surface area contributed by atoms with E-state index in [0.29, 0.717) is 29.7 Å². The number of benzene rings is 2. The molecule has 4 heteroatoms. The molecule has 3 nitrogen and oxygen atoms in total. The monoisotopic (exact) mass is 290 g/mol. The van der Waals surface area contributed by atoms with Gasteiger partial charge in [0, 0.05) is 22.2 Å². The molecule has 1 unspecified atom stereocenters. The number of fused-ring (bicyclic) bond motifs is 1. The van der Waals surface area contributed by atoms with Crippen molar-refractivity contribution in [2.45, 2.75) is 19.6 Å². The summed E-state index contributed by atoms with van der Waals surface area (Å²) in [5, 5.41) is 10.4. The molecule has 0 amide bonds. The topological polar surface area (TPSA) is 38.7 Å². The highest BCUT2D eigenvalue weighted by atomic mass is 35.5. The van der Waals surface area contributed by atoms with Gasteiger partial charge in [-0.15, -0.1) is 0 Å². The maximum atomic E-state index is 9.66. The van der Waals surface area contributed by atoms with Gasteiger partial charge in [-0.3, -0.25) is 0 Å². The van der Waals surface area contributed by atoms with Crippen LogP contribution in [0.1, 0.15) is 22.8 Å². The Morgan fingerprint density at radius 3 is 2.95 bits per heavy atom. The lowest BCUT2D eigenvalue weighted by molar-refractivity contribution is 0.140. The van der Waals surface area contributed by atoms with E-state index in [1.807, 2.05) is 37.3 Å². The number of aryl methyl sites for hydroxylation is 1. The highest BCUT2D eigenvalue weighted by Crippen LogP contribution is 2.35. The third-order valence-corrected chi connectivity index (χ3v) is 3.70. The van der Waals surface area contributed by atoms with Gasteiger partial charge >= 0.3 is 0 Å². The fourth-order valence-electron chi connectivity index (χ4n) is 2.19. The van der Waals surface area contributed by atoms with Crippen LogP contribution in [0.5, 0.6) is 11.5 Å². The van der Waals surface area contributed by atoms with Crippen LogP contribution in [-0.2, 0) is 6.61 Å². The zero-order valence-corrected chi connectivity index (χ0v) is 11.9. The molecule has 0 radical (unpaired) electrons. The second-order valence-corrected chi connectivity index (χ2v) is 5.32. The SMILES string of the molecule is Cc1ccc(COc2ccc3c(c2)OCC3O)c(Cl)c1. The average Bonchev–Trinajstić information content (AvgIpc) is 2.79. The maximum absolute atomic E-state index is 9.66. The van der Waals surface area contributed by atoms with E-state index in [1.54, 1.807) is 6.07 Å². The van der Waals surface area contributed by atoms with Crippen molar-refractivity contribution in [2.24, 2.45) is 0 Å². The van der Waals surface area contributed by atoms with Crippen molar-refractivity contribution in [3.8, 4) is 11.5 Å². The predicted octanol–water partition coefficient (Wildman–Crippen LogP) is 3.65. The summed E-state index contributed by atoms with van der Waals surface area (Å²) < 4.78 is 11.1. The highest BCUT2D eigenvalue weighted by molar-refractivity contribution is 6.31. The molecule has 0 aromatic heterocycles. The summed E-state index contributed by atoms with van der Waals surface area (Å²) in [4.78, 5) is 0. The lowest BCUT2D eigenvalue weighted by Crippen LogP contribution is -1.97. The minimum absolute atomic E-state index is 0.308. The number of aliphatic hydroxyl groups is 1. The lowest BCUT2D eigenvalue weighted by Gasteiger charge is -2.09. The molecular weight excluding hydrogens is 276 g/mol. The smallest absolute Gasteiger partial charge is 0.129 e. The summed E-state index contributed by atoms with van der Waals surface area (Å²) in [6.07, 6.45) is -0.536. The molecule has 3 rings (SSSR count). The van der Waals surface area contributed by atoms with Crippen LogP contribution in [0.2, 0.25) is 5.02 Å². The molecule has 20 heavy (non-hydrogen) atoms. The lowest BCUT2D eigenvalue weighted by atomic mass is 10.1. The fourth-order valence-corrected chi connectivity index (χ4v) is 2.48. The number of aliphatic hydroxyl groups excluding tert-OH is 1. The first-order chi connectivity index (χ1) is 9.63. The van der Waals surface area contributed by atoms with Crippen molar-refractivity contribution in [1.29, 1.82) is 0 Å². The molecule has 0 aliphatic carbocycles. The molecule has 0 fully saturated rings. The van der Waals surface area contributed by atoms with E-state index < -0.39 is 6.10 Å². The van der Waals surface area contributed by atoms with Gasteiger partial charge in [0.2, 0.25) is 0 Å². The van der Waals surface area contributed by atoms with E-state index in [-0.39, 0.29) is 0 Å². The summed E-state index contributed by atoms with van der Waals surface area (Å²) in [6, 6.07) is 11.4. The Labute approximate surface area is 122 Å². The van der Waals surface area contributed by atoms with Crippen molar-refractivity contribution in [2.75, 3.05) is 6.61 Å². The Bertz CT molecular complexity index is 640. The van der Waals surface area contributed by atoms with Gasteiger partial charge in [0.1, 0.15) is 30.8 Å². The Morgan fingerprint density at radius 2 is 2.15 bits per heavy atom. The number of rotatable bonds is 3. The Balaban J connectivity index is 1.73. The number of hydrogen-bond acceptors (Lipinski definition) is 3. The standard InChI is InChI=1S/C16H15ClO3/c1-10-2-3-11(14(17)6-10)8-19-12-4-5-13-15(18)9-20-16(13)7-12/h2-7,15,18H,8-9H2,1H3. The summed E-state index contributed by atoms with van der Waals surface area (Å²) in [5.41, 5.74) is 2.88. The summed E-state index contributed by atoms with van der Waals surface area (Å²) in [7, 11) is 0. The molecule has 0 saturated carbocycles. The van der Waals surface area contributed by atoms with Gasteiger partial charge < -0.3 is 14.6 Å². The summed E-state index contributed by atoms with van der Waals surface area (Å²) >= 11 is 6.17. The van der Waals surface area contributed by atoms with Crippen LogP contribution in [0.3, 0.4) is 0 Å². The summed E-state index contributed by atoms with van der Waals surface area (Å²) in [5.74, 6) is 1.39. The Morgan fingerprint density at radius 1 is 1.30 bits per heavy atom. The Hall–Kier alpha value is -1.71. The quantitative estimate of drug-likeness (QED) is 0.938. The van der Waals surface area contributed by atoms with E-state index in [1.165, 1.54) is 0 Å². The van der Waals surface area contributed by atoms with Gasteiger partial charge in [-0.1, -0.05) is 23.7 Å².